The summed E-state index contributed by atoms with van der Waals surface area (Å²) in [7, 11) is 0. The van der Waals surface area contributed by atoms with Crippen molar-refractivity contribution < 1.29 is 10.1 Å². The first-order valence-electron chi connectivity index (χ1n) is 7.60. The molecule has 3 N–H and O–H groups in total. The molecule has 2 aromatic rings. The molecule has 5 heteroatoms. The van der Waals surface area contributed by atoms with Crippen LogP contribution >= 0.6 is 23.2 Å². The van der Waals surface area contributed by atoms with Crippen molar-refractivity contribution in [3.8, 4) is 0 Å². The Morgan fingerprint density at radius 3 is 2.09 bits per heavy atom. The Labute approximate surface area is 147 Å². The number of quaternary nitrogens is 1. The lowest BCUT2D eigenvalue weighted by molar-refractivity contribution is -0.682. The van der Waals surface area contributed by atoms with Gasteiger partial charge in [-0.2, -0.15) is 0 Å². The Bertz CT molecular complexity index is 676. The molecule has 3 nitrogen and oxygen atoms in total. The van der Waals surface area contributed by atoms with Gasteiger partial charge in [-0.3, -0.25) is 4.79 Å². The van der Waals surface area contributed by atoms with Gasteiger partial charge in [0.2, 0.25) is 0 Å². The van der Waals surface area contributed by atoms with E-state index in [-0.39, 0.29) is 18.0 Å². The second-order valence-corrected chi connectivity index (χ2v) is 6.38. The van der Waals surface area contributed by atoms with E-state index in [1.807, 2.05) is 67.7 Å². The minimum absolute atomic E-state index is 0.0312. The van der Waals surface area contributed by atoms with E-state index in [0.717, 1.165) is 16.1 Å². The molecule has 0 radical (unpaired) electrons. The first-order valence-corrected chi connectivity index (χ1v) is 8.36. The molecule has 2 rings (SSSR count). The Morgan fingerprint density at radius 1 is 1.00 bits per heavy atom. The fourth-order valence-electron chi connectivity index (χ4n) is 2.46. The van der Waals surface area contributed by atoms with Crippen LogP contribution in [0.4, 0.5) is 0 Å². The topological polar surface area (TPSA) is 45.7 Å². The maximum absolute atomic E-state index is 12.1. The zero-order chi connectivity index (χ0) is 16.8. The summed E-state index contributed by atoms with van der Waals surface area (Å²) in [6, 6.07) is 15.2. The van der Waals surface area contributed by atoms with Crippen LogP contribution in [0, 0.1) is 0 Å². The summed E-state index contributed by atoms with van der Waals surface area (Å²) in [5.41, 5.74) is 1.95. The van der Waals surface area contributed by atoms with Gasteiger partial charge < -0.3 is 10.6 Å². The quantitative estimate of drug-likeness (QED) is 0.821. The molecule has 0 saturated heterocycles. The van der Waals surface area contributed by atoms with Crippen molar-refractivity contribution in [2.75, 3.05) is 6.54 Å². The minimum Gasteiger partial charge on any atom is -0.345 e. The second kappa shape index (κ2) is 8.34. The molecule has 0 aliphatic heterocycles. The molecule has 122 valence electrons. The summed E-state index contributed by atoms with van der Waals surface area (Å²) >= 11 is 12.3. The average molecular weight is 352 g/mol. The Morgan fingerprint density at radius 2 is 1.52 bits per heavy atom. The maximum Gasteiger partial charge on any atom is 0.275 e. The van der Waals surface area contributed by atoms with Crippen LogP contribution in [0.2, 0.25) is 10.0 Å². The van der Waals surface area contributed by atoms with Crippen LogP contribution in [-0.2, 0) is 4.79 Å². The summed E-state index contributed by atoms with van der Waals surface area (Å²) in [4.78, 5) is 12.1. The second-order valence-electron chi connectivity index (χ2n) is 5.56. The third-order valence-electron chi connectivity index (χ3n) is 3.80. The van der Waals surface area contributed by atoms with Crippen LogP contribution in [0.1, 0.15) is 37.1 Å². The predicted molar refractivity (Wildman–Crippen MR) is 94.7 cm³/mol. The van der Waals surface area contributed by atoms with Gasteiger partial charge in [0.15, 0.2) is 6.54 Å². The van der Waals surface area contributed by atoms with Crippen molar-refractivity contribution in [3.05, 3.63) is 69.7 Å². The highest BCUT2D eigenvalue weighted by atomic mass is 35.5. The fraction of sp³-hybridized carbons (Fsp3) is 0.278. The van der Waals surface area contributed by atoms with E-state index < -0.39 is 0 Å². The lowest BCUT2D eigenvalue weighted by atomic mass is 10.1. The standard InChI is InChI=1S/C18H20Cl2N2O/c1-12(14-7-3-5-9-16(14)19)21-11-18(23)22-13(2)15-8-4-6-10-17(15)20/h3-10,12-13,21H,11H2,1-2H3,(H,22,23)/p+1/t12-,13+/m1/s1. The van der Waals surface area contributed by atoms with Crippen LogP contribution in [0.3, 0.4) is 0 Å². The molecule has 0 bridgehead atoms. The van der Waals surface area contributed by atoms with Crippen molar-refractivity contribution >= 4 is 29.1 Å². The fourth-order valence-corrected chi connectivity index (χ4v) is 3.07. The molecular formula is C18H21Cl2N2O+. The van der Waals surface area contributed by atoms with Crippen LogP contribution in [-0.4, -0.2) is 12.5 Å². The minimum atomic E-state index is -0.125. The number of rotatable bonds is 6. The van der Waals surface area contributed by atoms with Gasteiger partial charge in [-0.1, -0.05) is 59.6 Å². The molecule has 0 aliphatic rings. The van der Waals surface area contributed by atoms with E-state index in [1.54, 1.807) is 0 Å². The van der Waals surface area contributed by atoms with Gasteiger partial charge in [-0.15, -0.1) is 0 Å². The zero-order valence-corrected chi connectivity index (χ0v) is 14.7. The van der Waals surface area contributed by atoms with Crippen molar-refractivity contribution in [1.82, 2.24) is 5.32 Å². The van der Waals surface area contributed by atoms with E-state index in [0.29, 0.717) is 11.6 Å². The molecule has 0 fully saturated rings. The normalized spacial score (nSPS) is 13.4. The maximum atomic E-state index is 12.1. The van der Waals surface area contributed by atoms with Gasteiger partial charge in [-0.05, 0) is 31.5 Å². The molecule has 0 heterocycles. The number of hydrogen-bond acceptors (Lipinski definition) is 1. The van der Waals surface area contributed by atoms with Crippen LogP contribution < -0.4 is 10.6 Å². The number of carbonyl (C=O) groups is 1. The molecular weight excluding hydrogens is 331 g/mol. The monoisotopic (exact) mass is 351 g/mol. The van der Waals surface area contributed by atoms with Crippen LogP contribution in [0.5, 0.6) is 0 Å². The van der Waals surface area contributed by atoms with Gasteiger partial charge in [-0.25, -0.2) is 0 Å². The SMILES string of the molecule is C[C@H](NC(=O)C[NH2+][C@H](C)c1ccccc1Cl)c1ccccc1Cl. The molecule has 2 atom stereocenters. The van der Waals surface area contributed by atoms with E-state index in [1.165, 1.54) is 0 Å². The molecule has 2 aromatic carbocycles. The number of hydrogen-bond donors (Lipinski definition) is 2. The number of halogens is 2. The summed E-state index contributed by atoms with van der Waals surface area (Å²) in [6.07, 6.45) is 0. The first-order chi connectivity index (χ1) is 11.0. The van der Waals surface area contributed by atoms with E-state index in [4.69, 9.17) is 23.2 Å². The zero-order valence-electron chi connectivity index (χ0n) is 13.2. The lowest BCUT2D eigenvalue weighted by Gasteiger charge is -2.16. The van der Waals surface area contributed by atoms with Crippen LogP contribution in [0.25, 0.3) is 0 Å². The van der Waals surface area contributed by atoms with Gasteiger partial charge >= 0.3 is 0 Å². The van der Waals surface area contributed by atoms with Crippen molar-refractivity contribution in [3.63, 3.8) is 0 Å². The van der Waals surface area contributed by atoms with E-state index in [9.17, 15) is 4.79 Å². The van der Waals surface area contributed by atoms with Crippen molar-refractivity contribution in [2.45, 2.75) is 25.9 Å². The summed E-state index contributed by atoms with van der Waals surface area (Å²) in [6.45, 7) is 4.30. The number of nitrogens with two attached hydrogens (primary N) is 1. The van der Waals surface area contributed by atoms with Gasteiger partial charge in [0.25, 0.3) is 5.91 Å². The van der Waals surface area contributed by atoms with Gasteiger partial charge in [0.1, 0.15) is 6.04 Å². The third kappa shape index (κ3) is 4.96. The smallest absolute Gasteiger partial charge is 0.275 e. The molecule has 0 aromatic heterocycles. The number of carbonyl (C=O) groups excluding carboxylic acids is 1. The van der Waals surface area contributed by atoms with Gasteiger partial charge in [0, 0.05) is 15.6 Å². The summed E-state index contributed by atoms with van der Waals surface area (Å²) < 4.78 is 0. The third-order valence-corrected chi connectivity index (χ3v) is 4.49. The Balaban J connectivity index is 1.88. The highest BCUT2D eigenvalue weighted by molar-refractivity contribution is 6.31. The van der Waals surface area contributed by atoms with Gasteiger partial charge in [0.05, 0.1) is 6.04 Å². The van der Waals surface area contributed by atoms with E-state index in [2.05, 4.69) is 5.32 Å². The summed E-state index contributed by atoms with van der Waals surface area (Å²) in [5.74, 6) is -0.0312. The van der Waals surface area contributed by atoms with Crippen molar-refractivity contribution in [2.24, 2.45) is 0 Å². The molecule has 1 amide bonds. The largest absolute Gasteiger partial charge is 0.345 e. The number of amides is 1. The highest BCUT2D eigenvalue weighted by Crippen LogP contribution is 2.22. The number of nitrogens with one attached hydrogen (secondary N) is 1. The molecule has 0 saturated carbocycles. The Hall–Kier alpha value is -1.55. The number of benzene rings is 2. The van der Waals surface area contributed by atoms with E-state index >= 15 is 0 Å². The van der Waals surface area contributed by atoms with Crippen molar-refractivity contribution in [1.29, 1.82) is 0 Å². The molecule has 0 unspecified atom stereocenters. The molecule has 0 aliphatic carbocycles. The highest BCUT2D eigenvalue weighted by Gasteiger charge is 2.16. The van der Waals surface area contributed by atoms with Crippen LogP contribution in [0.15, 0.2) is 48.5 Å². The average Bonchev–Trinajstić information content (AvgIpc) is 2.53. The predicted octanol–water partition coefficient (Wildman–Crippen LogP) is 3.50. The molecule has 23 heavy (non-hydrogen) atoms. The lowest BCUT2D eigenvalue weighted by Crippen LogP contribution is -2.87. The Kier molecular flexibility index (Phi) is 6.46. The summed E-state index contributed by atoms with van der Waals surface area (Å²) in [5, 5.41) is 6.32. The first kappa shape index (κ1) is 17.8. The molecule has 0 spiro atoms.